The molecular weight excluding hydrogens is 176 g/mol. The van der Waals surface area contributed by atoms with Crippen molar-refractivity contribution in [3.63, 3.8) is 0 Å². The molecule has 0 bridgehead atoms. The van der Waals surface area contributed by atoms with Gasteiger partial charge in [0.15, 0.2) is 0 Å². The molecule has 1 aromatic rings. The van der Waals surface area contributed by atoms with Crippen LogP contribution in [0.25, 0.3) is 0 Å². The van der Waals surface area contributed by atoms with Crippen LogP contribution in [-0.4, -0.2) is 6.61 Å². The summed E-state index contributed by atoms with van der Waals surface area (Å²) in [5.41, 5.74) is 12.8. The summed E-state index contributed by atoms with van der Waals surface area (Å²) in [5, 5.41) is 0.593. The number of hydrogen-bond donors (Lipinski definition) is 2. The van der Waals surface area contributed by atoms with E-state index in [-0.39, 0.29) is 6.04 Å². The van der Waals surface area contributed by atoms with Gasteiger partial charge >= 0.3 is 0 Å². The number of nitrogens with two attached hydrogens (primary N) is 2. The van der Waals surface area contributed by atoms with Crippen LogP contribution in [0.2, 0.25) is 5.02 Å². The molecule has 0 fully saturated rings. The third-order valence-corrected chi connectivity index (χ3v) is 2.22. The average molecular weight is 185 g/mol. The van der Waals surface area contributed by atoms with Crippen molar-refractivity contribution in [3.8, 4) is 5.75 Å². The number of anilines is 1. The average Bonchev–Trinajstić information content (AvgIpc) is 2.31. The Morgan fingerprint density at radius 3 is 3.00 bits per heavy atom. The second-order valence-corrected chi connectivity index (χ2v) is 3.24. The number of benzene rings is 1. The lowest BCUT2D eigenvalue weighted by molar-refractivity contribution is 0.333. The molecule has 2 rings (SSSR count). The van der Waals surface area contributed by atoms with E-state index in [9.17, 15) is 0 Å². The number of nitrogen functional groups attached to an aromatic ring is 1. The lowest BCUT2D eigenvalue weighted by Crippen LogP contribution is -2.11. The Hall–Kier alpha value is -0.930. The van der Waals surface area contributed by atoms with Gasteiger partial charge in [-0.3, -0.25) is 0 Å². The second-order valence-electron chi connectivity index (χ2n) is 2.83. The summed E-state index contributed by atoms with van der Waals surface area (Å²) in [5.74, 6) is 0.715. The van der Waals surface area contributed by atoms with Crippen LogP contribution in [0.15, 0.2) is 12.1 Å². The minimum Gasteiger partial charge on any atom is -0.491 e. The number of fused-ring (bicyclic) bond motifs is 1. The molecule has 3 nitrogen and oxygen atoms in total. The zero-order chi connectivity index (χ0) is 8.72. The minimum absolute atomic E-state index is 0.118. The van der Waals surface area contributed by atoms with Gasteiger partial charge in [-0.15, -0.1) is 0 Å². The van der Waals surface area contributed by atoms with E-state index < -0.39 is 0 Å². The van der Waals surface area contributed by atoms with Crippen molar-refractivity contribution in [2.45, 2.75) is 6.04 Å². The fourth-order valence-corrected chi connectivity index (χ4v) is 1.71. The van der Waals surface area contributed by atoms with Crippen molar-refractivity contribution in [1.82, 2.24) is 0 Å². The predicted molar refractivity (Wildman–Crippen MR) is 48.3 cm³/mol. The van der Waals surface area contributed by atoms with Crippen LogP contribution < -0.4 is 16.2 Å². The molecule has 1 atom stereocenters. The monoisotopic (exact) mass is 184 g/mol. The summed E-state index contributed by atoms with van der Waals surface area (Å²) in [7, 11) is 0. The number of hydrogen-bond acceptors (Lipinski definition) is 3. The fourth-order valence-electron chi connectivity index (χ4n) is 1.35. The van der Waals surface area contributed by atoms with E-state index in [0.29, 0.717) is 23.1 Å². The maximum atomic E-state index is 5.93. The standard InChI is InChI=1S/C8H9ClN2O/c9-5-1-4(10)2-7-8(5)6(11)3-12-7/h1-2,6H,3,10-11H2/t6-/m1/s1. The van der Waals surface area contributed by atoms with Crippen molar-refractivity contribution in [3.05, 3.63) is 22.7 Å². The Morgan fingerprint density at radius 2 is 2.25 bits per heavy atom. The van der Waals surface area contributed by atoms with Gasteiger partial charge in [0.1, 0.15) is 12.4 Å². The summed E-state index contributed by atoms with van der Waals surface area (Å²) in [6, 6.07) is 3.32. The summed E-state index contributed by atoms with van der Waals surface area (Å²) >= 11 is 5.93. The van der Waals surface area contributed by atoms with E-state index in [4.69, 9.17) is 27.8 Å². The molecule has 0 saturated carbocycles. The number of rotatable bonds is 0. The van der Waals surface area contributed by atoms with E-state index in [1.54, 1.807) is 12.1 Å². The normalized spacial score (nSPS) is 20.3. The highest BCUT2D eigenvalue weighted by Crippen LogP contribution is 2.38. The summed E-state index contributed by atoms with van der Waals surface area (Å²) in [4.78, 5) is 0. The quantitative estimate of drug-likeness (QED) is 0.598. The Balaban J connectivity index is 2.60. The van der Waals surface area contributed by atoms with E-state index in [1.807, 2.05) is 0 Å². The van der Waals surface area contributed by atoms with E-state index in [0.717, 1.165) is 5.56 Å². The molecule has 4 N–H and O–H groups in total. The molecule has 0 unspecified atom stereocenters. The molecule has 0 aromatic heterocycles. The van der Waals surface area contributed by atoms with E-state index in [2.05, 4.69) is 0 Å². The highest BCUT2D eigenvalue weighted by molar-refractivity contribution is 6.32. The molecule has 1 aliphatic rings. The zero-order valence-corrected chi connectivity index (χ0v) is 7.14. The van der Waals surface area contributed by atoms with Gasteiger partial charge in [-0.05, 0) is 6.07 Å². The molecule has 1 aliphatic heterocycles. The van der Waals surface area contributed by atoms with Gasteiger partial charge in [0.2, 0.25) is 0 Å². The maximum Gasteiger partial charge on any atom is 0.127 e. The van der Waals surface area contributed by atoms with E-state index in [1.165, 1.54) is 0 Å². The maximum absolute atomic E-state index is 5.93. The zero-order valence-electron chi connectivity index (χ0n) is 6.38. The first-order valence-electron chi connectivity index (χ1n) is 3.66. The molecule has 0 radical (unpaired) electrons. The number of halogens is 1. The third kappa shape index (κ3) is 1.02. The first-order valence-corrected chi connectivity index (χ1v) is 4.03. The first kappa shape index (κ1) is 7.71. The molecule has 64 valence electrons. The molecule has 0 amide bonds. The molecule has 4 heteroatoms. The van der Waals surface area contributed by atoms with Crippen LogP contribution in [0.5, 0.6) is 5.75 Å². The number of ether oxygens (including phenoxy) is 1. The van der Waals surface area contributed by atoms with E-state index >= 15 is 0 Å². The highest BCUT2D eigenvalue weighted by Gasteiger charge is 2.23. The van der Waals surface area contributed by atoms with Gasteiger partial charge in [-0.1, -0.05) is 11.6 Å². The summed E-state index contributed by atoms with van der Waals surface area (Å²) in [6.45, 7) is 0.485. The molecular formula is C8H9ClN2O. The minimum atomic E-state index is -0.118. The van der Waals surface area contributed by atoms with Gasteiger partial charge in [0.25, 0.3) is 0 Å². The fraction of sp³-hybridized carbons (Fsp3) is 0.250. The molecule has 1 heterocycles. The van der Waals surface area contributed by atoms with Crippen LogP contribution in [0.1, 0.15) is 11.6 Å². The predicted octanol–water partition coefficient (Wildman–Crippen LogP) is 1.31. The van der Waals surface area contributed by atoms with Gasteiger partial charge in [0.05, 0.1) is 11.1 Å². The lowest BCUT2D eigenvalue weighted by Gasteiger charge is -2.04. The van der Waals surface area contributed by atoms with Crippen molar-refractivity contribution >= 4 is 17.3 Å². The van der Waals surface area contributed by atoms with Gasteiger partial charge in [0, 0.05) is 17.3 Å². The Bertz CT molecular complexity index is 327. The highest BCUT2D eigenvalue weighted by atomic mass is 35.5. The van der Waals surface area contributed by atoms with Crippen molar-refractivity contribution < 1.29 is 4.74 Å². The van der Waals surface area contributed by atoms with Crippen LogP contribution >= 0.6 is 11.6 Å². The Labute approximate surface area is 75.3 Å². The SMILES string of the molecule is Nc1cc(Cl)c2c(c1)OC[C@H]2N. The van der Waals surface area contributed by atoms with Crippen LogP contribution in [-0.2, 0) is 0 Å². The molecule has 0 spiro atoms. The second kappa shape index (κ2) is 2.54. The lowest BCUT2D eigenvalue weighted by atomic mass is 10.1. The summed E-state index contributed by atoms with van der Waals surface area (Å²) < 4.78 is 5.28. The van der Waals surface area contributed by atoms with Crippen LogP contribution in [0.3, 0.4) is 0 Å². The van der Waals surface area contributed by atoms with Crippen LogP contribution in [0.4, 0.5) is 5.69 Å². The third-order valence-electron chi connectivity index (χ3n) is 1.90. The summed E-state index contributed by atoms with van der Waals surface area (Å²) in [6.07, 6.45) is 0. The topological polar surface area (TPSA) is 61.3 Å². The largest absolute Gasteiger partial charge is 0.491 e. The molecule has 1 aromatic carbocycles. The molecule has 12 heavy (non-hydrogen) atoms. The van der Waals surface area contributed by atoms with Crippen LogP contribution in [0, 0.1) is 0 Å². The molecule has 0 aliphatic carbocycles. The van der Waals surface area contributed by atoms with Gasteiger partial charge in [-0.25, -0.2) is 0 Å². The smallest absolute Gasteiger partial charge is 0.127 e. The van der Waals surface area contributed by atoms with Crippen molar-refractivity contribution in [2.75, 3.05) is 12.3 Å². The van der Waals surface area contributed by atoms with Crippen molar-refractivity contribution in [2.24, 2.45) is 5.73 Å². The van der Waals surface area contributed by atoms with Gasteiger partial charge in [-0.2, -0.15) is 0 Å². The Morgan fingerprint density at radius 1 is 1.50 bits per heavy atom. The van der Waals surface area contributed by atoms with Gasteiger partial charge < -0.3 is 16.2 Å². The first-order chi connectivity index (χ1) is 5.68. The molecule has 0 saturated heterocycles. The Kier molecular flexibility index (Phi) is 1.63. The van der Waals surface area contributed by atoms with Crippen molar-refractivity contribution in [1.29, 1.82) is 0 Å².